The Kier molecular flexibility index (Phi) is 4.16. The van der Waals surface area contributed by atoms with E-state index < -0.39 is 11.7 Å². The van der Waals surface area contributed by atoms with Crippen LogP contribution < -0.4 is 0 Å². The van der Waals surface area contributed by atoms with Crippen LogP contribution in [-0.4, -0.2) is 4.98 Å². The van der Waals surface area contributed by atoms with Crippen molar-refractivity contribution in [2.75, 3.05) is 0 Å². The van der Waals surface area contributed by atoms with E-state index in [2.05, 4.69) is 68.5 Å². The maximum absolute atomic E-state index is 13.2. The molecule has 0 saturated heterocycles. The van der Waals surface area contributed by atoms with Crippen molar-refractivity contribution in [3.63, 3.8) is 0 Å². The first kappa shape index (κ1) is 19.4. The number of fused-ring (bicyclic) bond motifs is 1. The molecule has 1 aromatic carbocycles. The van der Waals surface area contributed by atoms with Crippen LogP contribution in [-0.2, 0) is 17.0 Å². The lowest BCUT2D eigenvalue weighted by Gasteiger charge is -2.44. The van der Waals surface area contributed by atoms with Crippen molar-refractivity contribution in [3.8, 4) is 11.3 Å². The Balaban J connectivity index is 2.19. The summed E-state index contributed by atoms with van der Waals surface area (Å²) in [5, 5.41) is 0. The molecule has 5 heteroatoms. The molecule has 26 heavy (non-hydrogen) atoms. The van der Waals surface area contributed by atoms with Crippen LogP contribution in [0.3, 0.4) is 0 Å². The van der Waals surface area contributed by atoms with Crippen LogP contribution in [0.15, 0.2) is 34.9 Å². The zero-order valence-electron chi connectivity index (χ0n) is 15.8. The summed E-state index contributed by atoms with van der Waals surface area (Å²) in [4.78, 5) is 4.22. The fourth-order valence-electron chi connectivity index (χ4n) is 4.03. The first-order valence-corrected chi connectivity index (χ1v) is 9.38. The van der Waals surface area contributed by atoms with Crippen molar-refractivity contribution in [1.29, 1.82) is 0 Å². The minimum Gasteiger partial charge on any atom is -0.255 e. The highest BCUT2D eigenvalue weighted by molar-refractivity contribution is 9.10. The van der Waals surface area contributed by atoms with E-state index in [0.29, 0.717) is 11.3 Å². The second-order valence-electron chi connectivity index (χ2n) is 8.68. The molecule has 2 aromatic rings. The largest absolute Gasteiger partial charge is 0.417 e. The molecule has 1 aromatic heterocycles. The predicted molar refractivity (Wildman–Crippen MR) is 102 cm³/mol. The van der Waals surface area contributed by atoms with Gasteiger partial charge < -0.3 is 0 Å². The number of rotatable bonds is 1. The fourth-order valence-corrected chi connectivity index (χ4v) is 4.48. The second kappa shape index (κ2) is 5.57. The Hall–Kier alpha value is -1.36. The van der Waals surface area contributed by atoms with E-state index in [9.17, 15) is 13.2 Å². The van der Waals surface area contributed by atoms with Gasteiger partial charge in [0.15, 0.2) is 0 Å². The van der Waals surface area contributed by atoms with Gasteiger partial charge in [-0.1, -0.05) is 53.7 Å². The molecule has 0 spiro atoms. The van der Waals surface area contributed by atoms with E-state index in [0.717, 1.165) is 6.07 Å². The van der Waals surface area contributed by atoms with Gasteiger partial charge in [-0.2, -0.15) is 13.2 Å². The minimum atomic E-state index is -4.42. The highest BCUT2D eigenvalue weighted by atomic mass is 79.9. The minimum absolute atomic E-state index is 0.00519. The van der Waals surface area contributed by atoms with Crippen molar-refractivity contribution in [3.05, 3.63) is 51.6 Å². The predicted octanol–water partition coefficient (Wildman–Crippen LogP) is 7.12. The molecule has 140 valence electrons. The van der Waals surface area contributed by atoms with Gasteiger partial charge in [0.1, 0.15) is 0 Å². The molecular formula is C21H23BrF3N. The van der Waals surface area contributed by atoms with Crippen molar-refractivity contribution < 1.29 is 13.2 Å². The molecule has 0 radical (unpaired) electrons. The Morgan fingerprint density at radius 1 is 0.885 bits per heavy atom. The first-order valence-electron chi connectivity index (χ1n) is 8.59. The number of halogens is 4. The monoisotopic (exact) mass is 425 g/mol. The number of alkyl halides is 3. The summed E-state index contributed by atoms with van der Waals surface area (Å²) in [7, 11) is 0. The van der Waals surface area contributed by atoms with Gasteiger partial charge in [-0.15, -0.1) is 0 Å². The molecule has 0 amide bonds. The lowest BCUT2D eigenvalue weighted by Crippen LogP contribution is -2.42. The SMILES string of the molecule is CC1(C)c2ccc(-c3cc(C(F)(F)F)c(Br)cn3)cc2C(C)(C)C1(C)C. The van der Waals surface area contributed by atoms with Gasteiger partial charge in [0.2, 0.25) is 0 Å². The lowest BCUT2D eigenvalue weighted by atomic mass is 9.59. The molecule has 1 aliphatic carbocycles. The number of aromatic nitrogens is 1. The third-order valence-corrected chi connectivity index (χ3v) is 7.58. The normalized spacial score (nSPS) is 20.1. The molecule has 3 rings (SSSR count). The van der Waals surface area contributed by atoms with Crippen molar-refractivity contribution >= 4 is 15.9 Å². The maximum atomic E-state index is 13.2. The third kappa shape index (κ3) is 2.54. The molecule has 0 aliphatic heterocycles. The zero-order valence-corrected chi connectivity index (χ0v) is 17.4. The number of benzene rings is 1. The van der Waals surface area contributed by atoms with E-state index in [1.54, 1.807) is 0 Å². The third-order valence-electron chi connectivity index (χ3n) is 6.95. The van der Waals surface area contributed by atoms with Crippen LogP contribution in [0.1, 0.15) is 58.2 Å². The van der Waals surface area contributed by atoms with E-state index in [4.69, 9.17) is 0 Å². The molecular weight excluding hydrogens is 403 g/mol. The van der Waals surface area contributed by atoms with Gasteiger partial charge in [0.05, 0.1) is 11.3 Å². The Bertz CT molecular complexity index is 879. The molecule has 0 bridgehead atoms. The summed E-state index contributed by atoms with van der Waals surface area (Å²) >= 11 is 2.95. The molecule has 1 nitrogen and oxygen atoms in total. The van der Waals surface area contributed by atoms with Crippen LogP contribution >= 0.6 is 15.9 Å². The Morgan fingerprint density at radius 2 is 1.46 bits per heavy atom. The Morgan fingerprint density at radius 3 is 2.04 bits per heavy atom. The van der Waals surface area contributed by atoms with Crippen LogP contribution in [0.5, 0.6) is 0 Å². The zero-order chi connectivity index (χ0) is 19.7. The lowest BCUT2D eigenvalue weighted by molar-refractivity contribution is -0.138. The van der Waals surface area contributed by atoms with Gasteiger partial charge in [0.25, 0.3) is 0 Å². The van der Waals surface area contributed by atoms with Gasteiger partial charge in [-0.25, -0.2) is 0 Å². The summed E-state index contributed by atoms with van der Waals surface area (Å²) in [6.07, 6.45) is -3.19. The molecule has 0 N–H and O–H groups in total. The second-order valence-corrected chi connectivity index (χ2v) is 9.54. The highest BCUT2D eigenvalue weighted by Crippen LogP contribution is 2.61. The molecule has 1 aliphatic rings. The standard InChI is InChI=1S/C21H23BrF3N/c1-18(2)13-8-7-12(9-14(13)19(3,4)20(18,5)6)17-10-15(21(23,24)25)16(22)11-26-17/h7-11H,1-6H3. The van der Waals surface area contributed by atoms with E-state index in [1.807, 2.05) is 12.1 Å². The summed E-state index contributed by atoms with van der Waals surface area (Å²) in [6.45, 7) is 13.4. The summed E-state index contributed by atoms with van der Waals surface area (Å²) in [5.41, 5.74) is 2.64. The summed E-state index contributed by atoms with van der Waals surface area (Å²) < 4.78 is 39.7. The first-order chi connectivity index (χ1) is 11.7. The molecule has 1 heterocycles. The summed E-state index contributed by atoms with van der Waals surface area (Å²) in [5.74, 6) is 0. The quantitative estimate of drug-likeness (QED) is 0.473. The van der Waals surface area contributed by atoms with Gasteiger partial charge in [0, 0.05) is 16.2 Å². The highest BCUT2D eigenvalue weighted by Gasteiger charge is 2.56. The van der Waals surface area contributed by atoms with Crippen molar-refractivity contribution in [1.82, 2.24) is 4.98 Å². The molecule has 0 atom stereocenters. The van der Waals surface area contributed by atoms with E-state index in [-0.39, 0.29) is 20.7 Å². The van der Waals surface area contributed by atoms with Crippen molar-refractivity contribution in [2.24, 2.45) is 5.41 Å². The average molecular weight is 426 g/mol. The van der Waals surface area contributed by atoms with E-state index in [1.165, 1.54) is 17.3 Å². The van der Waals surface area contributed by atoms with E-state index >= 15 is 0 Å². The van der Waals surface area contributed by atoms with Crippen LogP contribution in [0.2, 0.25) is 0 Å². The number of hydrogen-bond acceptors (Lipinski definition) is 1. The number of hydrogen-bond donors (Lipinski definition) is 0. The topological polar surface area (TPSA) is 12.9 Å². The van der Waals surface area contributed by atoms with Gasteiger partial charge in [-0.05, 0) is 55.4 Å². The smallest absolute Gasteiger partial charge is 0.255 e. The van der Waals surface area contributed by atoms with Crippen molar-refractivity contribution in [2.45, 2.75) is 58.5 Å². The molecule has 0 unspecified atom stereocenters. The number of nitrogens with zero attached hydrogens (tertiary/aromatic N) is 1. The Labute approximate surface area is 161 Å². The van der Waals surface area contributed by atoms with Crippen LogP contribution in [0, 0.1) is 5.41 Å². The van der Waals surface area contributed by atoms with Crippen LogP contribution in [0.25, 0.3) is 11.3 Å². The average Bonchev–Trinajstić information content (AvgIpc) is 2.62. The summed E-state index contributed by atoms with van der Waals surface area (Å²) in [6, 6.07) is 7.07. The van der Waals surface area contributed by atoms with Crippen LogP contribution in [0.4, 0.5) is 13.2 Å². The van der Waals surface area contributed by atoms with Gasteiger partial charge >= 0.3 is 6.18 Å². The number of pyridine rings is 1. The maximum Gasteiger partial charge on any atom is 0.417 e. The van der Waals surface area contributed by atoms with Gasteiger partial charge in [-0.3, -0.25) is 4.98 Å². The molecule has 0 fully saturated rings. The molecule has 0 saturated carbocycles. The fraction of sp³-hybridized carbons (Fsp3) is 0.476.